The summed E-state index contributed by atoms with van der Waals surface area (Å²) in [6.45, 7) is 1.90. The van der Waals surface area contributed by atoms with Crippen molar-refractivity contribution in [3.63, 3.8) is 0 Å². The van der Waals surface area contributed by atoms with Crippen molar-refractivity contribution in [3.05, 3.63) is 102 Å². The Morgan fingerprint density at radius 3 is 2.04 bits per heavy atom. The van der Waals surface area contributed by atoms with E-state index in [1.54, 1.807) is 36.4 Å². The zero-order valence-corrected chi connectivity index (χ0v) is 16.1. The highest BCUT2D eigenvalue weighted by Crippen LogP contribution is 2.37. The second kappa shape index (κ2) is 7.22. The summed E-state index contributed by atoms with van der Waals surface area (Å²) in [6.07, 6.45) is -1.08. The van der Waals surface area contributed by atoms with Gasteiger partial charge in [-0.25, -0.2) is 0 Å². The number of aliphatic hydroxyl groups is 1. The summed E-state index contributed by atoms with van der Waals surface area (Å²) < 4.78 is 27.8. The minimum atomic E-state index is -3.94. The topological polar surface area (TPSA) is 70.0 Å². The highest BCUT2D eigenvalue weighted by atomic mass is 32.2. The van der Waals surface area contributed by atoms with Gasteiger partial charge < -0.3 is 5.11 Å². The number of rotatable bonds is 4. The third kappa shape index (κ3) is 3.21. The van der Waals surface area contributed by atoms with Crippen molar-refractivity contribution >= 4 is 15.7 Å². The van der Waals surface area contributed by atoms with Crippen LogP contribution in [0.5, 0.6) is 0 Å². The quantitative estimate of drug-likeness (QED) is 0.739. The molecule has 5 nitrogen and oxygen atoms in total. The number of hydrogen-bond donors (Lipinski definition) is 1. The van der Waals surface area contributed by atoms with Crippen molar-refractivity contribution in [2.45, 2.75) is 24.0 Å². The molecule has 0 fully saturated rings. The number of nitrogens with zero attached hydrogens (tertiary/aromatic N) is 2. The van der Waals surface area contributed by atoms with Crippen molar-refractivity contribution in [3.8, 4) is 0 Å². The molecule has 0 saturated carbocycles. The van der Waals surface area contributed by atoms with E-state index in [1.807, 2.05) is 55.5 Å². The standard InChI is InChI=1S/C22H20N2O3S/c1-16-12-14-19(15-13-16)28(26,27)24-21(18-10-6-3-7-11-18)22(25)20(23-24)17-8-4-2-5-9-17/h2-15,21-22,25H,1H3. The van der Waals surface area contributed by atoms with E-state index >= 15 is 0 Å². The number of hydrazone groups is 1. The molecule has 0 bridgehead atoms. The highest BCUT2D eigenvalue weighted by molar-refractivity contribution is 7.89. The number of aliphatic hydroxyl groups excluding tert-OH is 1. The van der Waals surface area contributed by atoms with Crippen LogP contribution in [-0.2, 0) is 10.0 Å². The summed E-state index contributed by atoms with van der Waals surface area (Å²) in [7, 11) is -3.94. The van der Waals surface area contributed by atoms with Crippen LogP contribution >= 0.6 is 0 Å². The lowest BCUT2D eigenvalue weighted by Crippen LogP contribution is -2.33. The lowest BCUT2D eigenvalue weighted by Gasteiger charge is -2.25. The fourth-order valence-corrected chi connectivity index (χ4v) is 4.74. The van der Waals surface area contributed by atoms with E-state index in [0.29, 0.717) is 16.8 Å². The second-order valence-electron chi connectivity index (χ2n) is 6.74. The number of hydrogen-bond acceptors (Lipinski definition) is 4. The van der Waals surface area contributed by atoms with Gasteiger partial charge in [0.2, 0.25) is 0 Å². The second-order valence-corrected chi connectivity index (χ2v) is 8.54. The van der Waals surface area contributed by atoms with Gasteiger partial charge in [-0.15, -0.1) is 0 Å². The van der Waals surface area contributed by atoms with E-state index in [0.717, 1.165) is 9.98 Å². The molecule has 3 aromatic rings. The first-order chi connectivity index (χ1) is 13.5. The van der Waals surface area contributed by atoms with E-state index in [1.165, 1.54) is 0 Å². The van der Waals surface area contributed by atoms with Crippen LogP contribution in [0, 0.1) is 6.92 Å². The lowest BCUT2D eigenvalue weighted by atomic mass is 9.96. The zero-order valence-electron chi connectivity index (χ0n) is 15.3. The summed E-state index contributed by atoms with van der Waals surface area (Å²) in [5, 5.41) is 15.4. The van der Waals surface area contributed by atoms with E-state index in [-0.39, 0.29) is 4.90 Å². The molecule has 1 aliphatic heterocycles. The summed E-state index contributed by atoms with van der Waals surface area (Å²) in [6, 6.07) is 24.0. The number of aryl methyl sites for hydroxylation is 1. The molecule has 4 rings (SSSR count). The SMILES string of the molecule is Cc1ccc(S(=O)(=O)N2N=C(c3ccccc3)C(O)C2c2ccccc2)cc1. The highest BCUT2D eigenvalue weighted by Gasteiger charge is 2.44. The van der Waals surface area contributed by atoms with Gasteiger partial charge in [-0.3, -0.25) is 0 Å². The molecule has 1 heterocycles. The molecule has 0 aliphatic carbocycles. The summed E-state index contributed by atoms with van der Waals surface area (Å²) in [5.74, 6) is 0. The van der Waals surface area contributed by atoms with Gasteiger partial charge in [-0.1, -0.05) is 78.4 Å². The normalized spacial score (nSPS) is 19.5. The van der Waals surface area contributed by atoms with E-state index in [9.17, 15) is 13.5 Å². The smallest absolute Gasteiger partial charge is 0.279 e. The molecule has 2 atom stereocenters. The van der Waals surface area contributed by atoms with Gasteiger partial charge in [0.1, 0.15) is 17.9 Å². The van der Waals surface area contributed by atoms with Crippen molar-refractivity contribution in [2.24, 2.45) is 5.10 Å². The first kappa shape index (κ1) is 18.4. The van der Waals surface area contributed by atoms with Gasteiger partial charge in [-0.05, 0) is 24.6 Å². The van der Waals surface area contributed by atoms with Crippen molar-refractivity contribution in [1.82, 2.24) is 4.41 Å². The summed E-state index contributed by atoms with van der Waals surface area (Å²) in [4.78, 5) is 0.143. The largest absolute Gasteiger partial charge is 0.384 e. The predicted molar refractivity (Wildman–Crippen MR) is 108 cm³/mol. The van der Waals surface area contributed by atoms with Crippen LogP contribution < -0.4 is 0 Å². The minimum Gasteiger partial charge on any atom is -0.384 e. The third-order valence-electron chi connectivity index (χ3n) is 4.80. The van der Waals surface area contributed by atoms with Crippen LogP contribution in [0.25, 0.3) is 0 Å². The molecule has 0 aromatic heterocycles. The predicted octanol–water partition coefficient (Wildman–Crippen LogP) is 3.51. The molecule has 6 heteroatoms. The Morgan fingerprint density at radius 2 is 1.43 bits per heavy atom. The molecule has 0 radical (unpaired) electrons. The maximum Gasteiger partial charge on any atom is 0.279 e. The summed E-state index contributed by atoms with van der Waals surface area (Å²) in [5.41, 5.74) is 2.68. The van der Waals surface area contributed by atoms with Gasteiger partial charge >= 0.3 is 0 Å². The Labute approximate surface area is 164 Å². The molecule has 0 spiro atoms. The van der Waals surface area contributed by atoms with Crippen LogP contribution in [0.15, 0.2) is 94.9 Å². The summed E-state index contributed by atoms with van der Waals surface area (Å²) >= 11 is 0. The Kier molecular flexibility index (Phi) is 4.75. The fourth-order valence-electron chi connectivity index (χ4n) is 3.32. The molecular formula is C22H20N2O3S. The van der Waals surface area contributed by atoms with Gasteiger partial charge in [0, 0.05) is 5.56 Å². The van der Waals surface area contributed by atoms with Crippen LogP contribution in [0.3, 0.4) is 0 Å². The molecule has 2 unspecified atom stereocenters. The van der Waals surface area contributed by atoms with Crippen molar-refractivity contribution in [1.29, 1.82) is 0 Å². The average molecular weight is 392 g/mol. The Bertz CT molecular complexity index is 1100. The number of benzene rings is 3. The van der Waals surface area contributed by atoms with E-state index < -0.39 is 22.2 Å². The molecule has 0 saturated heterocycles. The van der Waals surface area contributed by atoms with E-state index in [4.69, 9.17) is 0 Å². The van der Waals surface area contributed by atoms with Gasteiger partial charge in [-0.2, -0.15) is 17.9 Å². The fraction of sp³-hybridized carbons (Fsp3) is 0.136. The van der Waals surface area contributed by atoms with Crippen LogP contribution in [-0.4, -0.2) is 29.8 Å². The van der Waals surface area contributed by atoms with E-state index in [2.05, 4.69) is 5.10 Å². The molecule has 142 valence electrons. The third-order valence-corrected chi connectivity index (χ3v) is 6.47. The monoisotopic (exact) mass is 392 g/mol. The molecule has 28 heavy (non-hydrogen) atoms. The maximum atomic E-state index is 13.4. The van der Waals surface area contributed by atoms with Gasteiger partial charge in [0.15, 0.2) is 0 Å². The van der Waals surface area contributed by atoms with Gasteiger partial charge in [0.05, 0.1) is 4.90 Å². The van der Waals surface area contributed by atoms with Crippen LogP contribution in [0.4, 0.5) is 0 Å². The maximum absolute atomic E-state index is 13.4. The molecule has 0 amide bonds. The van der Waals surface area contributed by atoms with Crippen molar-refractivity contribution in [2.75, 3.05) is 0 Å². The van der Waals surface area contributed by atoms with Crippen molar-refractivity contribution < 1.29 is 13.5 Å². The van der Waals surface area contributed by atoms with Crippen LogP contribution in [0.1, 0.15) is 22.7 Å². The zero-order chi connectivity index (χ0) is 19.7. The first-order valence-electron chi connectivity index (χ1n) is 8.96. The molecular weight excluding hydrogens is 372 g/mol. The molecule has 1 aliphatic rings. The van der Waals surface area contributed by atoms with Gasteiger partial charge in [0.25, 0.3) is 10.0 Å². The molecule has 3 aromatic carbocycles. The minimum absolute atomic E-state index is 0.143. The Morgan fingerprint density at radius 1 is 0.857 bits per heavy atom. The first-order valence-corrected chi connectivity index (χ1v) is 10.4. The molecule has 1 N–H and O–H groups in total. The Hall–Kier alpha value is -2.96. The van der Waals surface area contributed by atoms with Crippen LogP contribution in [0.2, 0.25) is 0 Å². The Balaban J connectivity index is 1.85. The lowest BCUT2D eigenvalue weighted by molar-refractivity contribution is 0.169. The number of sulfonamides is 1. The average Bonchev–Trinajstić information content (AvgIpc) is 3.07.